The van der Waals surface area contributed by atoms with Crippen LogP contribution in [0.1, 0.15) is 19.2 Å². The number of piperazine rings is 1. The van der Waals surface area contributed by atoms with E-state index in [-0.39, 0.29) is 24.0 Å². The monoisotopic (exact) mass is 511 g/mol. The Bertz CT molecular complexity index is 549. The molecule has 2 rings (SSSR count). The van der Waals surface area contributed by atoms with E-state index in [1.165, 1.54) is 11.5 Å². The second-order valence-corrected chi connectivity index (χ2v) is 7.17. The quantitative estimate of drug-likeness (QED) is 0.233. The molecule has 1 saturated heterocycles. The number of methoxy groups -OCH3 is 1. The summed E-state index contributed by atoms with van der Waals surface area (Å²) in [6.45, 7) is 9.65. The van der Waals surface area contributed by atoms with Gasteiger partial charge >= 0.3 is 0 Å². The third-order valence-corrected chi connectivity index (χ3v) is 5.33. The van der Waals surface area contributed by atoms with Gasteiger partial charge < -0.3 is 24.8 Å². The van der Waals surface area contributed by atoms with Crippen LogP contribution in [-0.4, -0.2) is 98.7 Å². The fourth-order valence-corrected chi connectivity index (χ4v) is 3.67. The fraction of sp³-hybridized carbons (Fsp3) is 0.824. The smallest absolute Gasteiger partial charge is 0.205 e. The molecular formula is C17H34IN7OS. The molecule has 1 aliphatic rings. The highest BCUT2D eigenvalue weighted by atomic mass is 127. The van der Waals surface area contributed by atoms with Crippen molar-refractivity contribution in [3.8, 4) is 0 Å². The third-order valence-electron chi connectivity index (χ3n) is 4.51. The van der Waals surface area contributed by atoms with Crippen molar-refractivity contribution >= 4 is 46.6 Å². The first-order chi connectivity index (χ1) is 12.7. The van der Waals surface area contributed by atoms with E-state index in [2.05, 4.69) is 48.3 Å². The first-order valence-electron chi connectivity index (χ1n) is 9.38. The topological polar surface area (TPSA) is 69.1 Å². The second kappa shape index (κ2) is 13.5. The first-order valence-corrected chi connectivity index (χ1v) is 10.2. The van der Waals surface area contributed by atoms with Gasteiger partial charge in [0.25, 0.3) is 0 Å². The number of hydrogen-bond donors (Lipinski definition) is 1. The standard InChI is InChI=1S/C17H33N7OS.HI/c1-5-15-20-17(26-21-15)24-11-9-23(10-12-24)16(18-2)19-7-6-8-22(3)13-14-25-4;/h5-14H2,1-4H3,(H,18,19);1H. The molecule has 0 aliphatic carbocycles. The SMILES string of the molecule is CCc1nsc(N2CCN(C(=NC)NCCCN(C)CCOC)CC2)n1.I. The zero-order valence-electron chi connectivity index (χ0n) is 17.0. The van der Waals surface area contributed by atoms with E-state index in [4.69, 9.17) is 4.74 Å². The molecule has 27 heavy (non-hydrogen) atoms. The third kappa shape index (κ3) is 8.04. The summed E-state index contributed by atoms with van der Waals surface area (Å²) in [6, 6.07) is 0. The summed E-state index contributed by atoms with van der Waals surface area (Å²) < 4.78 is 9.50. The van der Waals surface area contributed by atoms with Crippen LogP contribution in [0.15, 0.2) is 4.99 Å². The Hall–Kier alpha value is -0.720. The second-order valence-electron chi connectivity index (χ2n) is 6.44. The van der Waals surface area contributed by atoms with Crippen LogP contribution in [0.4, 0.5) is 5.13 Å². The van der Waals surface area contributed by atoms with Crippen LogP contribution < -0.4 is 10.2 Å². The summed E-state index contributed by atoms with van der Waals surface area (Å²) in [6.07, 6.45) is 1.98. The average Bonchev–Trinajstić information content (AvgIpc) is 3.16. The molecule has 0 atom stereocenters. The molecule has 1 N–H and O–H groups in total. The minimum Gasteiger partial charge on any atom is -0.383 e. The molecule has 0 bridgehead atoms. The molecule has 0 amide bonds. The zero-order chi connectivity index (χ0) is 18.8. The van der Waals surface area contributed by atoms with Gasteiger partial charge in [-0.2, -0.15) is 4.37 Å². The number of rotatable bonds is 9. The number of aromatic nitrogens is 2. The van der Waals surface area contributed by atoms with Gasteiger partial charge in [0.15, 0.2) is 5.96 Å². The Balaban J connectivity index is 0.00000364. The predicted molar refractivity (Wildman–Crippen MR) is 124 cm³/mol. The number of ether oxygens (including phenoxy) is 1. The van der Waals surface area contributed by atoms with Gasteiger partial charge in [-0.1, -0.05) is 6.92 Å². The zero-order valence-corrected chi connectivity index (χ0v) is 20.1. The number of guanidine groups is 1. The molecule has 1 aliphatic heterocycles. The van der Waals surface area contributed by atoms with E-state index >= 15 is 0 Å². The molecule has 0 unspecified atom stereocenters. The van der Waals surface area contributed by atoms with Gasteiger partial charge in [-0.25, -0.2) is 4.98 Å². The van der Waals surface area contributed by atoms with Crippen LogP contribution in [0, 0.1) is 0 Å². The minimum atomic E-state index is 0. The molecule has 2 heterocycles. The molecule has 0 saturated carbocycles. The summed E-state index contributed by atoms with van der Waals surface area (Å²) in [7, 11) is 5.73. The van der Waals surface area contributed by atoms with Crippen molar-refractivity contribution in [2.75, 3.05) is 78.5 Å². The molecular weight excluding hydrogens is 477 g/mol. The van der Waals surface area contributed by atoms with Gasteiger partial charge in [-0.05, 0) is 20.0 Å². The Labute approximate surface area is 184 Å². The summed E-state index contributed by atoms with van der Waals surface area (Å²) in [5, 5.41) is 4.54. The summed E-state index contributed by atoms with van der Waals surface area (Å²) in [4.78, 5) is 16.0. The molecule has 0 spiro atoms. The Morgan fingerprint density at radius 3 is 2.63 bits per heavy atom. The van der Waals surface area contributed by atoms with E-state index in [1.54, 1.807) is 7.11 Å². The number of aryl methyl sites for hydroxylation is 1. The van der Waals surface area contributed by atoms with Gasteiger partial charge in [-0.3, -0.25) is 4.99 Å². The van der Waals surface area contributed by atoms with E-state index < -0.39 is 0 Å². The Morgan fingerprint density at radius 1 is 1.30 bits per heavy atom. The van der Waals surface area contributed by atoms with Crippen molar-refractivity contribution in [2.24, 2.45) is 4.99 Å². The molecule has 156 valence electrons. The van der Waals surface area contributed by atoms with E-state index in [1.807, 2.05) is 7.05 Å². The van der Waals surface area contributed by atoms with Crippen LogP contribution in [0.2, 0.25) is 0 Å². The van der Waals surface area contributed by atoms with Crippen molar-refractivity contribution in [2.45, 2.75) is 19.8 Å². The molecule has 0 radical (unpaired) electrons. The maximum Gasteiger partial charge on any atom is 0.205 e. The van der Waals surface area contributed by atoms with Gasteiger partial charge in [0.05, 0.1) is 6.61 Å². The van der Waals surface area contributed by atoms with Gasteiger partial charge in [0.2, 0.25) is 5.13 Å². The molecule has 1 aromatic heterocycles. The lowest BCUT2D eigenvalue weighted by Gasteiger charge is -2.36. The van der Waals surface area contributed by atoms with E-state index in [0.717, 1.165) is 82.2 Å². The molecule has 1 fully saturated rings. The highest BCUT2D eigenvalue weighted by Crippen LogP contribution is 2.19. The summed E-state index contributed by atoms with van der Waals surface area (Å²) >= 11 is 1.51. The van der Waals surface area contributed by atoms with E-state index in [9.17, 15) is 0 Å². The highest BCUT2D eigenvalue weighted by Gasteiger charge is 2.21. The lowest BCUT2D eigenvalue weighted by molar-refractivity contribution is 0.161. The average molecular weight is 511 g/mol. The number of halogens is 1. The van der Waals surface area contributed by atoms with Crippen LogP contribution in [0.3, 0.4) is 0 Å². The maximum atomic E-state index is 5.11. The number of aliphatic imine (C=N–C) groups is 1. The summed E-state index contributed by atoms with van der Waals surface area (Å²) in [5.74, 6) is 1.94. The van der Waals surface area contributed by atoms with Gasteiger partial charge in [0, 0.05) is 71.4 Å². The van der Waals surface area contributed by atoms with Crippen molar-refractivity contribution in [3.05, 3.63) is 5.82 Å². The van der Waals surface area contributed by atoms with Gasteiger partial charge in [0.1, 0.15) is 5.82 Å². The van der Waals surface area contributed by atoms with Crippen molar-refractivity contribution in [1.29, 1.82) is 0 Å². The van der Waals surface area contributed by atoms with Crippen LogP contribution in [-0.2, 0) is 11.2 Å². The largest absolute Gasteiger partial charge is 0.383 e. The fourth-order valence-electron chi connectivity index (χ4n) is 2.87. The molecule has 0 aromatic carbocycles. The number of hydrogen-bond acceptors (Lipinski definition) is 7. The molecule has 10 heteroatoms. The number of anilines is 1. The minimum absolute atomic E-state index is 0. The van der Waals surface area contributed by atoms with Gasteiger partial charge in [-0.15, -0.1) is 24.0 Å². The molecule has 8 nitrogen and oxygen atoms in total. The predicted octanol–water partition coefficient (Wildman–Crippen LogP) is 1.38. The summed E-state index contributed by atoms with van der Waals surface area (Å²) in [5.41, 5.74) is 0. The highest BCUT2D eigenvalue weighted by molar-refractivity contribution is 14.0. The molecule has 1 aromatic rings. The van der Waals surface area contributed by atoms with Crippen LogP contribution >= 0.6 is 35.5 Å². The van der Waals surface area contributed by atoms with Crippen molar-refractivity contribution < 1.29 is 4.74 Å². The van der Waals surface area contributed by atoms with Crippen molar-refractivity contribution in [3.63, 3.8) is 0 Å². The number of nitrogens with one attached hydrogen (secondary N) is 1. The Kier molecular flexibility index (Phi) is 12.1. The lowest BCUT2D eigenvalue weighted by Crippen LogP contribution is -2.52. The van der Waals surface area contributed by atoms with Crippen LogP contribution in [0.5, 0.6) is 0 Å². The van der Waals surface area contributed by atoms with E-state index in [0.29, 0.717) is 0 Å². The Morgan fingerprint density at radius 2 is 2.04 bits per heavy atom. The van der Waals surface area contributed by atoms with Crippen molar-refractivity contribution in [1.82, 2.24) is 24.5 Å². The maximum absolute atomic E-state index is 5.11. The van der Waals surface area contributed by atoms with Crippen LogP contribution in [0.25, 0.3) is 0 Å². The number of nitrogens with zero attached hydrogens (tertiary/aromatic N) is 6. The number of likely N-dealkylation sites (N-methyl/N-ethyl adjacent to an activating group) is 1. The normalized spacial score (nSPS) is 15.2. The first kappa shape index (κ1) is 24.3. The lowest BCUT2D eigenvalue weighted by atomic mass is 10.3.